The fourth-order valence-electron chi connectivity index (χ4n) is 3.25. The minimum absolute atomic E-state index is 0.0235. The number of nitrogens with zero attached hydrogens (tertiary/aromatic N) is 1. The molecule has 1 aromatic rings. The molecule has 0 saturated carbocycles. The van der Waals surface area contributed by atoms with Crippen LogP contribution in [0.4, 0.5) is 5.69 Å². The van der Waals surface area contributed by atoms with E-state index in [0.717, 1.165) is 25.1 Å². The van der Waals surface area contributed by atoms with E-state index in [4.69, 9.17) is 0 Å². The molecule has 0 aliphatic carbocycles. The molecule has 1 atom stereocenters. The number of hydrogen-bond donors (Lipinski definition) is 2. The first kappa shape index (κ1) is 18.0. The van der Waals surface area contributed by atoms with Crippen LogP contribution in [0.2, 0.25) is 0 Å². The lowest BCUT2D eigenvalue weighted by Gasteiger charge is -2.33. The highest BCUT2D eigenvalue weighted by molar-refractivity contribution is 5.92. The second-order valence-electron chi connectivity index (χ2n) is 8.16. The molecule has 23 heavy (non-hydrogen) atoms. The molecule has 1 heterocycles. The van der Waals surface area contributed by atoms with Crippen LogP contribution in [-0.2, 0) is 10.2 Å². The van der Waals surface area contributed by atoms with Crippen molar-refractivity contribution in [2.75, 3.05) is 18.4 Å². The van der Waals surface area contributed by atoms with Crippen LogP contribution < -0.4 is 5.32 Å². The van der Waals surface area contributed by atoms with Gasteiger partial charge in [-0.15, -0.1) is 0 Å². The topological polar surface area (TPSA) is 52.6 Å². The van der Waals surface area contributed by atoms with Gasteiger partial charge in [0.1, 0.15) is 0 Å². The van der Waals surface area contributed by atoms with E-state index < -0.39 is 5.60 Å². The number of aliphatic hydroxyl groups is 1. The van der Waals surface area contributed by atoms with Crippen molar-refractivity contribution in [1.82, 2.24) is 4.90 Å². The van der Waals surface area contributed by atoms with Gasteiger partial charge in [-0.05, 0) is 56.3 Å². The molecule has 1 aromatic carbocycles. The molecule has 2 N–H and O–H groups in total. The summed E-state index contributed by atoms with van der Waals surface area (Å²) in [5.41, 5.74) is 1.41. The SMILES string of the molecule is CC(C)(C)c1ccc(NC(=O)CN2CCC[C@H]2C(C)(C)O)cc1. The van der Waals surface area contributed by atoms with E-state index in [-0.39, 0.29) is 17.4 Å². The number of benzene rings is 1. The van der Waals surface area contributed by atoms with E-state index in [2.05, 4.69) is 43.1 Å². The summed E-state index contributed by atoms with van der Waals surface area (Å²) in [6.45, 7) is 11.3. The van der Waals surface area contributed by atoms with Crippen molar-refractivity contribution in [1.29, 1.82) is 0 Å². The van der Waals surface area contributed by atoms with E-state index in [1.165, 1.54) is 5.56 Å². The molecule has 1 amide bonds. The van der Waals surface area contributed by atoms with Gasteiger partial charge in [-0.25, -0.2) is 0 Å². The Kier molecular flexibility index (Phi) is 5.17. The summed E-state index contributed by atoms with van der Waals surface area (Å²) in [7, 11) is 0. The summed E-state index contributed by atoms with van der Waals surface area (Å²) in [4.78, 5) is 14.4. The Balaban J connectivity index is 1.95. The molecule has 0 unspecified atom stereocenters. The van der Waals surface area contributed by atoms with Gasteiger partial charge in [0.15, 0.2) is 0 Å². The number of carbonyl (C=O) groups is 1. The Morgan fingerprint density at radius 2 is 1.83 bits per heavy atom. The highest BCUT2D eigenvalue weighted by atomic mass is 16.3. The number of carbonyl (C=O) groups excluding carboxylic acids is 1. The molecule has 1 aliphatic heterocycles. The molecule has 1 saturated heterocycles. The lowest BCUT2D eigenvalue weighted by atomic mass is 9.87. The van der Waals surface area contributed by atoms with Crippen LogP contribution in [0.5, 0.6) is 0 Å². The molecule has 0 aromatic heterocycles. The minimum Gasteiger partial charge on any atom is -0.389 e. The Morgan fingerprint density at radius 3 is 2.35 bits per heavy atom. The van der Waals surface area contributed by atoms with Gasteiger partial charge in [-0.1, -0.05) is 32.9 Å². The average molecular weight is 318 g/mol. The van der Waals surface area contributed by atoms with Crippen molar-refractivity contribution in [3.63, 3.8) is 0 Å². The van der Waals surface area contributed by atoms with Crippen LogP contribution in [0, 0.1) is 0 Å². The third-order valence-electron chi connectivity index (χ3n) is 4.56. The third-order valence-corrected chi connectivity index (χ3v) is 4.56. The lowest BCUT2D eigenvalue weighted by Crippen LogP contribution is -2.48. The van der Waals surface area contributed by atoms with Gasteiger partial charge in [0.25, 0.3) is 0 Å². The van der Waals surface area contributed by atoms with Crippen LogP contribution in [0.15, 0.2) is 24.3 Å². The summed E-state index contributed by atoms with van der Waals surface area (Å²) in [5, 5.41) is 13.2. The van der Waals surface area contributed by atoms with Crippen molar-refractivity contribution in [2.24, 2.45) is 0 Å². The molecule has 1 aliphatic rings. The number of rotatable bonds is 4. The van der Waals surface area contributed by atoms with Crippen LogP contribution >= 0.6 is 0 Å². The number of nitrogens with one attached hydrogen (secondary N) is 1. The van der Waals surface area contributed by atoms with Gasteiger partial charge in [0.05, 0.1) is 12.1 Å². The zero-order valence-corrected chi connectivity index (χ0v) is 15.0. The molecule has 0 spiro atoms. The van der Waals surface area contributed by atoms with Gasteiger partial charge < -0.3 is 10.4 Å². The first-order valence-corrected chi connectivity index (χ1v) is 8.44. The highest BCUT2D eigenvalue weighted by Gasteiger charge is 2.36. The van der Waals surface area contributed by atoms with Crippen LogP contribution in [0.1, 0.15) is 53.0 Å². The highest BCUT2D eigenvalue weighted by Crippen LogP contribution is 2.27. The maximum absolute atomic E-state index is 12.3. The summed E-state index contributed by atoms with van der Waals surface area (Å²) >= 11 is 0. The zero-order valence-electron chi connectivity index (χ0n) is 15.0. The smallest absolute Gasteiger partial charge is 0.238 e. The van der Waals surface area contributed by atoms with E-state index in [9.17, 15) is 9.90 Å². The van der Waals surface area contributed by atoms with E-state index in [1.807, 2.05) is 26.0 Å². The van der Waals surface area contributed by atoms with Gasteiger partial charge in [-0.3, -0.25) is 9.69 Å². The Labute approximate surface area is 139 Å². The van der Waals surface area contributed by atoms with Crippen molar-refractivity contribution in [2.45, 2.75) is 64.5 Å². The van der Waals surface area contributed by atoms with Crippen molar-refractivity contribution >= 4 is 11.6 Å². The number of hydrogen-bond acceptors (Lipinski definition) is 3. The predicted octanol–water partition coefficient (Wildman–Crippen LogP) is 3.16. The molecule has 1 fully saturated rings. The first-order chi connectivity index (χ1) is 10.6. The zero-order chi connectivity index (χ0) is 17.3. The number of likely N-dealkylation sites (tertiary alicyclic amines) is 1. The van der Waals surface area contributed by atoms with Crippen molar-refractivity contribution < 1.29 is 9.90 Å². The predicted molar refractivity (Wildman–Crippen MR) is 94.7 cm³/mol. The summed E-state index contributed by atoms with van der Waals surface area (Å²) < 4.78 is 0. The fraction of sp³-hybridized carbons (Fsp3) is 0.632. The molecule has 2 rings (SSSR count). The van der Waals surface area contributed by atoms with E-state index >= 15 is 0 Å². The molecule has 0 radical (unpaired) electrons. The largest absolute Gasteiger partial charge is 0.389 e. The summed E-state index contributed by atoms with van der Waals surface area (Å²) in [5.74, 6) is -0.0235. The number of amides is 1. The summed E-state index contributed by atoms with van der Waals surface area (Å²) in [6, 6.07) is 8.08. The van der Waals surface area contributed by atoms with Crippen molar-refractivity contribution in [3.05, 3.63) is 29.8 Å². The van der Waals surface area contributed by atoms with Gasteiger partial charge in [-0.2, -0.15) is 0 Å². The third kappa shape index (κ3) is 4.79. The van der Waals surface area contributed by atoms with E-state index in [1.54, 1.807) is 0 Å². The van der Waals surface area contributed by atoms with Gasteiger partial charge in [0, 0.05) is 11.7 Å². The molecule has 0 bridgehead atoms. The second-order valence-corrected chi connectivity index (χ2v) is 8.16. The minimum atomic E-state index is -0.773. The molecule has 4 nitrogen and oxygen atoms in total. The summed E-state index contributed by atoms with van der Waals surface area (Å²) in [6.07, 6.45) is 1.97. The van der Waals surface area contributed by atoms with Crippen LogP contribution in [0.3, 0.4) is 0 Å². The molecule has 4 heteroatoms. The maximum atomic E-state index is 12.3. The Hall–Kier alpha value is -1.39. The Morgan fingerprint density at radius 1 is 1.22 bits per heavy atom. The first-order valence-electron chi connectivity index (χ1n) is 8.44. The monoisotopic (exact) mass is 318 g/mol. The van der Waals surface area contributed by atoms with Gasteiger partial charge >= 0.3 is 0 Å². The molecular weight excluding hydrogens is 288 g/mol. The average Bonchev–Trinajstić information content (AvgIpc) is 2.86. The lowest BCUT2D eigenvalue weighted by molar-refractivity contribution is -0.118. The van der Waals surface area contributed by atoms with Crippen molar-refractivity contribution in [3.8, 4) is 0 Å². The van der Waals surface area contributed by atoms with Gasteiger partial charge in [0.2, 0.25) is 5.91 Å². The number of anilines is 1. The second kappa shape index (κ2) is 6.62. The van der Waals surface area contributed by atoms with Crippen LogP contribution in [0.25, 0.3) is 0 Å². The van der Waals surface area contributed by atoms with Crippen LogP contribution in [-0.4, -0.2) is 40.6 Å². The fourth-order valence-corrected chi connectivity index (χ4v) is 3.25. The maximum Gasteiger partial charge on any atom is 0.238 e. The standard InChI is InChI=1S/C19H30N2O2/c1-18(2,3)14-8-10-15(11-9-14)20-17(22)13-21-12-6-7-16(21)19(4,5)23/h8-11,16,23H,6-7,12-13H2,1-5H3,(H,20,22)/t16-/m0/s1. The normalized spacial score (nSPS) is 19.8. The molecular formula is C19H30N2O2. The Bertz CT molecular complexity index is 538. The molecule has 128 valence electrons. The van der Waals surface area contributed by atoms with E-state index in [0.29, 0.717) is 6.54 Å². The quantitative estimate of drug-likeness (QED) is 0.896.